The Morgan fingerprint density at radius 1 is 1.19 bits per heavy atom. The molecule has 112 valence electrons. The molecule has 1 aromatic heterocycles. The fourth-order valence-corrected chi connectivity index (χ4v) is 2.48. The number of hydrogen-bond acceptors (Lipinski definition) is 5. The Morgan fingerprint density at radius 3 is 2.43 bits per heavy atom. The van der Waals surface area contributed by atoms with Crippen LogP contribution in [0.2, 0.25) is 0 Å². The van der Waals surface area contributed by atoms with E-state index >= 15 is 0 Å². The summed E-state index contributed by atoms with van der Waals surface area (Å²) in [6, 6.07) is 7.69. The highest BCUT2D eigenvalue weighted by molar-refractivity contribution is 7.84. The minimum Gasteiger partial charge on any atom is -0.481 e. The van der Waals surface area contributed by atoms with E-state index in [0.29, 0.717) is 18.2 Å². The molecule has 0 fully saturated rings. The van der Waals surface area contributed by atoms with Gasteiger partial charge in [0.1, 0.15) is 11.6 Å². The first kappa shape index (κ1) is 15.4. The van der Waals surface area contributed by atoms with E-state index in [0.717, 1.165) is 21.8 Å². The predicted octanol–water partition coefficient (Wildman–Crippen LogP) is 2.45. The van der Waals surface area contributed by atoms with E-state index in [2.05, 4.69) is 15.3 Å². The van der Waals surface area contributed by atoms with E-state index in [9.17, 15) is 4.21 Å². The number of rotatable bonds is 5. The number of hydrogen-bond donors (Lipinski definition) is 1. The van der Waals surface area contributed by atoms with E-state index in [4.69, 9.17) is 4.74 Å². The van der Waals surface area contributed by atoms with Crippen molar-refractivity contribution in [3.63, 3.8) is 0 Å². The van der Waals surface area contributed by atoms with Crippen molar-refractivity contribution < 1.29 is 8.95 Å². The average molecular weight is 305 g/mol. The van der Waals surface area contributed by atoms with Gasteiger partial charge < -0.3 is 10.1 Å². The number of aromatic nitrogens is 2. The van der Waals surface area contributed by atoms with Crippen LogP contribution in [0.3, 0.4) is 0 Å². The molecule has 1 N–H and O–H groups in total. The molecule has 0 saturated heterocycles. The lowest BCUT2D eigenvalue weighted by molar-refractivity contribution is 0.392. The zero-order valence-electron chi connectivity index (χ0n) is 12.6. The zero-order chi connectivity index (χ0) is 15.4. The van der Waals surface area contributed by atoms with Gasteiger partial charge >= 0.3 is 0 Å². The topological polar surface area (TPSA) is 64.1 Å². The van der Waals surface area contributed by atoms with Gasteiger partial charge in [-0.05, 0) is 31.5 Å². The summed E-state index contributed by atoms with van der Waals surface area (Å²) in [7, 11) is 0.654. The quantitative estimate of drug-likeness (QED) is 0.919. The molecule has 0 spiro atoms. The molecule has 2 rings (SSSR count). The molecule has 5 nitrogen and oxygen atoms in total. The van der Waals surface area contributed by atoms with Crippen molar-refractivity contribution in [2.75, 3.05) is 18.7 Å². The Labute approximate surface area is 127 Å². The molecule has 0 saturated carbocycles. The van der Waals surface area contributed by atoms with Crippen molar-refractivity contribution in [3.8, 4) is 5.88 Å². The maximum Gasteiger partial charge on any atom is 0.221 e. The van der Waals surface area contributed by atoms with Gasteiger partial charge in [-0.15, -0.1) is 0 Å². The van der Waals surface area contributed by atoms with Crippen LogP contribution >= 0.6 is 0 Å². The molecule has 0 radical (unpaired) electrons. The molecule has 1 atom stereocenters. The first-order valence-corrected chi connectivity index (χ1v) is 8.12. The molecule has 0 unspecified atom stereocenters. The lowest BCUT2D eigenvalue weighted by Gasteiger charge is -2.12. The second kappa shape index (κ2) is 6.67. The number of ether oxygens (including phenoxy) is 1. The molecular weight excluding hydrogens is 286 g/mol. The van der Waals surface area contributed by atoms with E-state index in [1.165, 1.54) is 0 Å². The molecular formula is C15H19N3O2S. The fraction of sp³-hybridized carbons (Fsp3) is 0.333. The van der Waals surface area contributed by atoms with E-state index < -0.39 is 10.8 Å². The third-order valence-electron chi connectivity index (χ3n) is 3.12. The smallest absolute Gasteiger partial charge is 0.221 e. The SMILES string of the molecule is COc1nc(C)nc(NCc2ccc([S@@](C)=O)cc2)c1C. The van der Waals surface area contributed by atoms with Crippen molar-refractivity contribution in [3.05, 3.63) is 41.2 Å². The standard InChI is InChI=1S/C15H19N3O2S/c1-10-14(17-11(2)18-15(10)20-3)16-9-12-5-7-13(8-6-12)21(4)19/h5-8H,9H2,1-4H3,(H,16,17,18)/t21-/m1/s1. The number of methoxy groups -OCH3 is 1. The third-order valence-corrected chi connectivity index (χ3v) is 4.06. The van der Waals surface area contributed by atoms with Crippen molar-refractivity contribution >= 4 is 16.6 Å². The summed E-state index contributed by atoms with van der Waals surface area (Å²) in [5, 5.41) is 3.29. The zero-order valence-corrected chi connectivity index (χ0v) is 13.5. The Hall–Kier alpha value is -1.95. The van der Waals surface area contributed by atoms with Crippen LogP contribution in [0.15, 0.2) is 29.2 Å². The minimum absolute atomic E-state index is 0.585. The van der Waals surface area contributed by atoms with Crippen LogP contribution in [0.25, 0.3) is 0 Å². The number of anilines is 1. The molecule has 0 aliphatic carbocycles. The van der Waals surface area contributed by atoms with Gasteiger partial charge in [0, 0.05) is 28.5 Å². The largest absolute Gasteiger partial charge is 0.481 e. The van der Waals surface area contributed by atoms with Crippen molar-refractivity contribution in [2.24, 2.45) is 0 Å². The van der Waals surface area contributed by atoms with Crippen LogP contribution in [-0.2, 0) is 17.3 Å². The Bertz CT molecular complexity index is 657. The van der Waals surface area contributed by atoms with Gasteiger partial charge in [0.05, 0.1) is 12.7 Å². The van der Waals surface area contributed by atoms with Crippen LogP contribution in [0.1, 0.15) is 17.0 Å². The summed E-state index contributed by atoms with van der Waals surface area (Å²) in [5.41, 5.74) is 1.98. The normalized spacial score (nSPS) is 12.0. The van der Waals surface area contributed by atoms with Crippen molar-refractivity contribution in [2.45, 2.75) is 25.3 Å². The average Bonchev–Trinajstić information content (AvgIpc) is 2.48. The van der Waals surface area contributed by atoms with Crippen LogP contribution in [0.5, 0.6) is 5.88 Å². The lowest BCUT2D eigenvalue weighted by Crippen LogP contribution is -2.07. The predicted molar refractivity (Wildman–Crippen MR) is 84.2 cm³/mol. The van der Waals surface area contributed by atoms with Gasteiger partial charge in [0.15, 0.2) is 0 Å². The van der Waals surface area contributed by atoms with E-state index in [-0.39, 0.29) is 0 Å². The monoisotopic (exact) mass is 305 g/mol. The Morgan fingerprint density at radius 2 is 1.86 bits per heavy atom. The number of aryl methyl sites for hydroxylation is 1. The van der Waals surface area contributed by atoms with E-state index in [1.807, 2.05) is 38.1 Å². The molecule has 0 aliphatic rings. The Balaban J connectivity index is 2.12. The maximum atomic E-state index is 11.4. The molecule has 21 heavy (non-hydrogen) atoms. The first-order valence-electron chi connectivity index (χ1n) is 6.56. The summed E-state index contributed by atoms with van der Waals surface area (Å²) in [5.74, 6) is 2.01. The lowest BCUT2D eigenvalue weighted by atomic mass is 10.2. The Kier molecular flexibility index (Phi) is 4.90. The molecule has 0 aliphatic heterocycles. The molecule has 6 heteroatoms. The molecule has 1 heterocycles. The number of nitrogens with one attached hydrogen (secondary N) is 1. The van der Waals surface area contributed by atoms with Gasteiger partial charge in [0.25, 0.3) is 0 Å². The van der Waals surface area contributed by atoms with Gasteiger partial charge in [-0.3, -0.25) is 4.21 Å². The van der Waals surface area contributed by atoms with Gasteiger partial charge in [-0.2, -0.15) is 4.98 Å². The molecule has 0 bridgehead atoms. The third kappa shape index (κ3) is 3.78. The summed E-state index contributed by atoms with van der Waals surface area (Å²) >= 11 is 0. The first-order chi connectivity index (χ1) is 10.0. The van der Waals surface area contributed by atoms with Crippen molar-refractivity contribution in [1.29, 1.82) is 0 Å². The molecule has 1 aromatic carbocycles. The highest BCUT2D eigenvalue weighted by Crippen LogP contribution is 2.22. The molecule has 2 aromatic rings. The second-order valence-corrected chi connectivity index (χ2v) is 6.08. The van der Waals surface area contributed by atoms with Gasteiger partial charge in [-0.25, -0.2) is 4.98 Å². The summed E-state index contributed by atoms with van der Waals surface area (Å²) in [4.78, 5) is 9.45. The highest BCUT2D eigenvalue weighted by Gasteiger charge is 2.09. The minimum atomic E-state index is -0.946. The highest BCUT2D eigenvalue weighted by atomic mass is 32.2. The van der Waals surface area contributed by atoms with Gasteiger partial charge in [-0.1, -0.05) is 12.1 Å². The van der Waals surface area contributed by atoms with Crippen LogP contribution in [-0.4, -0.2) is 27.5 Å². The number of benzene rings is 1. The van der Waals surface area contributed by atoms with Crippen molar-refractivity contribution in [1.82, 2.24) is 9.97 Å². The number of nitrogens with zero attached hydrogens (tertiary/aromatic N) is 2. The summed E-state index contributed by atoms with van der Waals surface area (Å²) in [6.45, 7) is 4.39. The fourth-order valence-electron chi connectivity index (χ4n) is 1.96. The van der Waals surface area contributed by atoms with E-state index in [1.54, 1.807) is 13.4 Å². The molecule has 0 amide bonds. The van der Waals surface area contributed by atoms with Crippen LogP contribution in [0.4, 0.5) is 5.82 Å². The summed E-state index contributed by atoms with van der Waals surface area (Å²) < 4.78 is 16.6. The maximum absolute atomic E-state index is 11.4. The van der Waals surface area contributed by atoms with Crippen LogP contribution in [0, 0.1) is 13.8 Å². The van der Waals surface area contributed by atoms with Gasteiger partial charge in [0.2, 0.25) is 5.88 Å². The summed E-state index contributed by atoms with van der Waals surface area (Å²) in [6.07, 6.45) is 1.67. The van der Waals surface area contributed by atoms with Crippen LogP contribution < -0.4 is 10.1 Å². The second-order valence-electron chi connectivity index (χ2n) is 4.71.